The van der Waals surface area contributed by atoms with E-state index in [-0.39, 0.29) is 23.7 Å². The summed E-state index contributed by atoms with van der Waals surface area (Å²) in [5, 5.41) is 4.58. The van der Waals surface area contributed by atoms with Gasteiger partial charge < -0.3 is 9.64 Å². The van der Waals surface area contributed by atoms with Gasteiger partial charge in [0.15, 0.2) is 11.5 Å². The van der Waals surface area contributed by atoms with Crippen LogP contribution in [-0.4, -0.2) is 57.5 Å². The molecule has 0 radical (unpaired) electrons. The number of fused-ring (bicyclic) bond motifs is 1. The summed E-state index contributed by atoms with van der Waals surface area (Å²) in [4.78, 5) is 31.4. The Balaban J connectivity index is 1.35. The number of rotatable bonds is 6. The molecular formula is C24H26N4O3. The molecule has 2 fully saturated rings. The Labute approximate surface area is 181 Å². The molecule has 1 saturated heterocycles. The smallest absolute Gasteiger partial charge is 0.253 e. The number of likely N-dealkylation sites (tertiary alicyclic amines) is 1. The van der Waals surface area contributed by atoms with E-state index in [2.05, 4.69) is 10.1 Å². The number of amides is 1. The summed E-state index contributed by atoms with van der Waals surface area (Å²) in [6, 6.07) is 13.4. The fourth-order valence-corrected chi connectivity index (χ4v) is 4.21. The van der Waals surface area contributed by atoms with Crippen molar-refractivity contribution in [2.24, 2.45) is 5.92 Å². The third kappa shape index (κ3) is 4.10. The van der Waals surface area contributed by atoms with Crippen LogP contribution in [0, 0.1) is 5.92 Å². The van der Waals surface area contributed by atoms with Crippen LogP contribution in [0.2, 0.25) is 0 Å². The van der Waals surface area contributed by atoms with Gasteiger partial charge in [0.2, 0.25) is 0 Å². The first kappa shape index (κ1) is 19.9. The van der Waals surface area contributed by atoms with Crippen LogP contribution >= 0.6 is 0 Å². The average Bonchev–Trinajstić information content (AvgIpc) is 3.58. The number of ketones is 1. The van der Waals surface area contributed by atoms with Crippen molar-refractivity contribution in [2.45, 2.75) is 38.2 Å². The fourth-order valence-electron chi connectivity index (χ4n) is 4.21. The molecule has 7 heteroatoms. The van der Waals surface area contributed by atoms with Crippen LogP contribution in [0.3, 0.4) is 0 Å². The fraction of sp³-hybridized carbons (Fsp3) is 0.417. The maximum atomic E-state index is 12.8. The molecule has 1 amide bonds. The van der Waals surface area contributed by atoms with E-state index in [1.807, 2.05) is 47.4 Å². The van der Waals surface area contributed by atoms with E-state index in [0.29, 0.717) is 17.8 Å². The van der Waals surface area contributed by atoms with E-state index in [4.69, 9.17) is 4.74 Å². The third-order valence-corrected chi connectivity index (χ3v) is 6.26. The number of aromatic nitrogens is 3. The molecule has 0 bridgehead atoms. The molecule has 3 heterocycles. The van der Waals surface area contributed by atoms with E-state index in [9.17, 15) is 9.59 Å². The Morgan fingerprint density at radius 2 is 1.77 bits per heavy atom. The van der Waals surface area contributed by atoms with Crippen LogP contribution < -0.4 is 0 Å². The van der Waals surface area contributed by atoms with Gasteiger partial charge in [0.05, 0.1) is 18.2 Å². The molecular weight excluding hydrogens is 392 g/mol. The minimum absolute atomic E-state index is 0.0564. The minimum Gasteiger partial charge on any atom is -0.381 e. The van der Waals surface area contributed by atoms with Gasteiger partial charge >= 0.3 is 0 Å². The Bertz CT molecular complexity index is 1110. The first-order valence-corrected chi connectivity index (χ1v) is 10.9. The second-order valence-corrected chi connectivity index (χ2v) is 8.43. The zero-order valence-corrected chi connectivity index (χ0v) is 17.7. The van der Waals surface area contributed by atoms with Gasteiger partial charge in [-0.15, -0.1) is 0 Å². The summed E-state index contributed by atoms with van der Waals surface area (Å²) in [6.07, 6.45) is 4.28. The number of benzene rings is 1. The lowest BCUT2D eigenvalue weighted by Crippen LogP contribution is -2.40. The van der Waals surface area contributed by atoms with Crippen molar-refractivity contribution < 1.29 is 14.3 Å². The highest BCUT2D eigenvalue weighted by Crippen LogP contribution is 2.31. The second kappa shape index (κ2) is 8.23. The highest BCUT2D eigenvalue weighted by atomic mass is 16.5. The Kier molecular flexibility index (Phi) is 5.28. The normalized spacial score (nSPS) is 17.3. The number of methoxy groups -OCH3 is 1. The van der Waals surface area contributed by atoms with Crippen molar-refractivity contribution in [2.75, 3.05) is 20.2 Å². The summed E-state index contributed by atoms with van der Waals surface area (Å²) in [5.74, 6) is 1.06. The van der Waals surface area contributed by atoms with E-state index in [1.54, 1.807) is 11.6 Å². The molecule has 1 saturated carbocycles. The van der Waals surface area contributed by atoms with Crippen LogP contribution in [0.5, 0.6) is 0 Å². The molecule has 1 aromatic carbocycles. The number of hydrogen-bond acceptors (Lipinski definition) is 5. The molecule has 160 valence electrons. The van der Waals surface area contributed by atoms with Gasteiger partial charge in [0.1, 0.15) is 5.78 Å². The van der Waals surface area contributed by atoms with Gasteiger partial charge in [-0.05, 0) is 49.9 Å². The maximum absolute atomic E-state index is 12.8. The van der Waals surface area contributed by atoms with Gasteiger partial charge in [-0.2, -0.15) is 5.10 Å². The Morgan fingerprint density at radius 3 is 2.45 bits per heavy atom. The summed E-state index contributed by atoms with van der Waals surface area (Å²) >= 11 is 0. The molecule has 0 spiro atoms. The second-order valence-electron chi connectivity index (χ2n) is 8.43. The van der Waals surface area contributed by atoms with Crippen molar-refractivity contribution in [3.05, 3.63) is 53.9 Å². The molecule has 0 atom stereocenters. The molecule has 0 N–H and O–H groups in total. The van der Waals surface area contributed by atoms with Gasteiger partial charge in [0.25, 0.3) is 5.91 Å². The van der Waals surface area contributed by atoms with Gasteiger partial charge in [0, 0.05) is 37.2 Å². The minimum atomic E-state index is 0.0564. The summed E-state index contributed by atoms with van der Waals surface area (Å²) in [5.41, 5.74) is 3.23. The number of piperidine rings is 1. The third-order valence-electron chi connectivity index (χ3n) is 6.26. The van der Waals surface area contributed by atoms with E-state index < -0.39 is 0 Å². The zero-order chi connectivity index (χ0) is 21.4. The van der Waals surface area contributed by atoms with Crippen molar-refractivity contribution in [1.82, 2.24) is 19.5 Å². The lowest BCUT2D eigenvalue weighted by molar-refractivity contribution is -0.119. The summed E-state index contributed by atoms with van der Waals surface area (Å²) in [7, 11) is 1.73. The number of pyridine rings is 1. The number of carbonyl (C=O) groups excluding carboxylic acids is 2. The zero-order valence-electron chi connectivity index (χ0n) is 17.7. The van der Waals surface area contributed by atoms with Crippen LogP contribution in [0.15, 0.2) is 42.5 Å². The highest BCUT2D eigenvalue weighted by Gasteiger charge is 2.30. The first-order valence-electron chi connectivity index (χ1n) is 10.9. The molecule has 7 nitrogen and oxygen atoms in total. The number of Topliss-reactive ketones (excluding diaryl/α,β-unsaturated/α-hetero) is 1. The largest absolute Gasteiger partial charge is 0.381 e. The molecule has 31 heavy (non-hydrogen) atoms. The first-order chi connectivity index (χ1) is 15.1. The Hall–Kier alpha value is -3.06. The lowest BCUT2D eigenvalue weighted by atomic mass is 10.0. The topological polar surface area (TPSA) is 76.8 Å². The average molecular weight is 418 g/mol. The SMILES string of the molecule is COC1CCN(C(=O)c2ccc(-c3cccc4nc(CC(=O)C5CC5)nn34)cc2)CC1. The maximum Gasteiger partial charge on any atom is 0.253 e. The van der Waals surface area contributed by atoms with Crippen molar-refractivity contribution in [3.8, 4) is 11.3 Å². The van der Waals surface area contributed by atoms with Crippen LogP contribution in [0.25, 0.3) is 16.9 Å². The summed E-state index contributed by atoms with van der Waals surface area (Å²) in [6.45, 7) is 1.44. The van der Waals surface area contributed by atoms with Crippen LogP contribution in [-0.2, 0) is 16.0 Å². The predicted molar refractivity (Wildman–Crippen MR) is 116 cm³/mol. The van der Waals surface area contributed by atoms with Gasteiger partial charge in [-0.3, -0.25) is 9.59 Å². The van der Waals surface area contributed by atoms with E-state index in [1.165, 1.54) is 0 Å². The molecule has 3 aromatic rings. The lowest BCUT2D eigenvalue weighted by Gasteiger charge is -2.31. The quantitative estimate of drug-likeness (QED) is 0.615. The molecule has 5 rings (SSSR count). The molecule has 1 aliphatic heterocycles. The summed E-state index contributed by atoms with van der Waals surface area (Å²) < 4.78 is 7.17. The number of nitrogens with zero attached hydrogens (tertiary/aromatic N) is 4. The molecule has 2 aromatic heterocycles. The van der Waals surface area contributed by atoms with E-state index >= 15 is 0 Å². The van der Waals surface area contributed by atoms with Crippen LogP contribution in [0.1, 0.15) is 41.9 Å². The highest BCUT2D eigenvalue weighted by molar-refractivity contribution is 5.94. The van der Waals surface area contributed by atoms with Crippen molar-refractivity contribution >= 4 is 17.3 Å². The van der Waals surface area contributed by atoms with Gasteiger partial charge in [-0.25, -0.2) is 9.50 Å². The van der Waals surface area contributed by atoms with E-state index in [0.717, 1.165) is 55.7 Å². The standard InChI is InChI=1S/C24H26N4O3/c1-31-19-11-13-27(14-12-19)24(30)18-9-5-16(6-10-18)20-3-2-4-23-25-22(26-28(20)23)15-21(29)17-7-8-17/h2-6,9-10,17,19H,7-8,11-15H2,1H3. The number of carbonyl (C=O) groups is 2. The Morgan fingerprint density at radius 1 is 1.03 bits per heavy atom. The molecule has 1 aliphatic carbocycles. The van der Waals surface area contributed by atoms with Crippen molar-refractivity contribution in [3.63, 3.8) is 0 Å². The number of ether oxygens (including phenoxy) is 1. The number of hydrogen-bond donors (Lipinski definition) is 0. The predicted octanol–water partition coefficient (Wildman–Crippen LogP) is 3.17. The monoisotopic (exact) mass is 418 g/mol. The molecule has 2 aliphatic rings. The van der Waals surface area contributed by atoms with Gasteiger partial charge in [-0.1, -0.05) is 18.2 Å². The van der Waals surface area contributed by atoms with Crippen molar-refractivity contribution in [1.29, 1.82) is 0 Å². The van der Waals surface area contributed by atoms with Crippen LogP contribution in [0.4, 0.5) is 0 Å². The molecule has 0 unspecified atom stereocenters.